The van der Waals surface area contributed by atoms with Crippen molar-refractivity contribution in [3.8, 4) is 11.8 Å². The van der Waals surface area contributed by atoms with Gasteiger partial charge in [0.05, 0.1) is 30.3 Å². The zero-order chi connectivity index (χ0) is 15.0. The van der Waals surface area contributed by atoms with Crippen molar-refractivity contribution in [1.29, 1.82) is 5.26 Å². The molecule has 0 spiro atoms. The van der Waals surface area contributed by atoms with E-state index in [1.807, 2.05) is 24.3 Å². The van der Waals surface area contributed by atoms with Gasteiger partial charge in [-0.05, 0) is 12.1 Å². The van der Waals surface area contributed by atoms with Crippen molar-refractivity contribution in [1.82, 2.24) is 4.57 Å². The second-order valence-electron chi connectivity index (χ2n) is 4.39. The lowest BCUT2D eigenvalue weighted by Gasteiger charge is -2.08. The van der Waals surface area contributed by atoms with Crippen LogP contribution in [-0.2, 0) is 4.74 Å². The molecular weight excluding hydrogens is 270 g/mol. The summed E-state index contributed by atoms with van der Waals surface area (Å²) in [4.78, 5) is 12.0. The van der Waals surface area contributed by atoms with Gasteiger partial charge in [-0.1, -0.05) is 12.1 Å². The maximum Gasteiger partial charge on any atom is 0.357 e. The fraction of sp³-hybridized carbons (Fsp3) is 0.0667. The van der Waals surface area contributed by atoms with Gasteiger partial charge in [-0.15, -0.1) is 0 Å². The molecule has 104 valence electrons. The van der Waals surface area contributed by atoms with Crippen LogP contribution in [0.4, 0.5) is 5.69 Å². The van der Waals surface area contributed by atoms with Crippen LogP contribution in [0.5, 0.6) is 0 Å². The molecule has 0 aliphatic carbocycles. The molecule has 3 aromatic rings. The number of hydrogen-bond donors (Lipinski definition) is 1. The normalized spacial score (nSPS) is 10.5. The molecule has 21 heavy (non-hydrogen) atoms. The molecule has 0 aliphatic rings. The van der Waals surface area contributed by atoms with Crippen molar-refractivity contribution >= 4 is 22.6 Å². The summed E-state index contributed by atoms with van der Waals surface area (Å²) >= 11 is 0. The van der Waals surface area contributed by atoms with Crippen molar-refractivity contribution in [3.05, 3.63) is 48.0 Å². The van der Waals surface area contributed by atoms with Gasteiger partial charge in [-0.2, -0.15) is 5.26 Å². The summed E-state index contributed by atoms with van der Waals surface area (Å²) < 4.78 is 11.7. The Balaban J connectivity index is 2.35. The highest BCUT2D eigenvalue weighted by atomic mass is 16.5. The van der Waals surface area contributed by atoms with E-state index in [2.05, 4.69) is 0 Å². The number of benzene rings is 1. The van der Waals surface area contributed by atoms with Gasteiger partial charge in [0, 0.05) is 11.6 Å². The van der Waals surface area contributed by atoms with Gasteiger partial charge in [0.15, 0.2) is 11.3 Å². The average molecular weight is 281 g/mol. The molecule has 2 aromatic heterocycles. The van der Waals surface area contributed by atoms with Crippen LogP contribution in [0.2, 0.25) is 0 Å². The third kappa shape index (κ3) is 1.83. The van der Waals surface area contributed by atoms with E-state index in [0.29, 0.717) is 11.3 Å². The van der Waals surface area contributed by atoms with Crippen LogP contribution in [0.3, 0.4) is 0 Å². The number of ether oxygens (including phenoxy) is 1. The summed E-state index contributed by atoms with van der Waals surface area (Å²) in [6, 6.07) is 9.27. The first kappa shape index (κ1) is 12.8. The number of esters is 1. The highest BCUT2D eigenvalue weighted by molar-refractivity contribution is 5.97. The number of rotatable bonds is 2. The van der Waals surface area contributed by atoms with E-state index in [0.717, 1.165) is 5.39 Å². The zero-order valence-electron chi connectivity index (χ0n) is 11.2. The van der Waals surface area contributed by atoms with Crippen molar-refractivity contribution in [3.63, 3.8) is 0 Å². The Morgan fingerprint density at radius 3 is 2.95 bits per heavy atom. The highest BCUT2D eigenvalue weighted by Gasteiger charge is 2.23. The smallest absolute Gasteiger partial charge is 0.357 e. The molecule has 1 aromatic carbocycles. The number of fused-ring (bicyclic) bond motifs is 1. The number of anilines is 1. The second-order valence-corrected chi connectivity index (χ2v) is 4.39. The molecule has 0 saturated carbocycles. The predicted octanol–water partition coefficient (Wildman–Crippen LogP) is 2.46. The van der Waals surface area contributed by atoms with Gasteiger partial charge in [0.1, 0.15) is 6.07 Å². The molecule has 2 heterocycles. The number of nitriles is 1. The molecule has 0 bridgehead atoms. The van der Waals surface area contributed by atoms with Gasteiger partial charge >= 0.3 is 5.97 Å². The number of nitrogens with zero attached hydrogens (tertiary/aromatic N) is 2. The van der Waals surface area contributed by atoms with Crippen LogP contribution in [0.1, 0.15) is 16.1 Å². The monoisotopic (exact) mass is 281 g/mol. The number of carbonyl (C=O) groups is 1. The molecule has 0 radical (unpaired) electrons. The van der Waals surface area contributed by atoms with Crippen molar-refractivity contribution < 1.29 is 13.9 Å². The molecule has 0 saturated heterocycles. The van der Waals surface area contributed by atoms with Crippen molar-refractivity contribution in [2.45, 2.75) is 0 Å². The number of aromatic nitrogens is 1. The first-order valence-corrected chi connectivity index (χ1v) is 6.13. The minimum absolute atomic E-state index is 0.0907. The number of carbonyl (C=O) groups excluding carboxylic acids is 1. The Labute approximate surface area is 119 Å². The van der Waals surface area contributed by atoms with E-state index < -0.39 is 5.97 Å². The first-order valence-electron chi connectivity index (χ1n) is 6.13. The first-order chi connectivity index (χ1) is 10.2. The Hall–Kier alpha value is -3.20. The van der Waals surface area contributed by atoms with Crippen LogP contribution in [0.15, 0.2) is 41.1 Å². The number of methoxy groups -OCH3 is 1. The lowest BCUT2D eigenvalue weighted by Crippen LogP contribution is -2.11. The SMILES string of the molecule is COC(=O)c1c(N)c(C#N)cn1-c1cccc2ccoc12. The molecule has 0 atom stereocenters. The van der Waals surface area contributed by atoms with Crippen molar-refractivity contribution in [2.75, 3.05) is 12.8 Å². The predicted molar refractivity (Wildman–Crippen MR) is 76.0 cm³/mol. The van der Waals surface area contributed by atoms with Crippen LogP contribution in [-0.4, -0.2) is 17.6 Å². The Morgan fingerprint density at radius 1 is 1.43 bits per heavy atom. The molecule has 2 N–H and O–H groups in total. The van der Waals surface area contributed by atoms with Gasteiger partial charge in [0.2, 0.25) is 0 Å². The molecule has 6 heteroatoms. The quantitative estimate of drug-likeness (QED) is 0.728. The van der Waals surface area contributed by atoms with E-state index >= 15 is 0 Å². The van der Waals surface area contributed by atoms with Gasteiger partial charge < -0.3 is 19.5 Å². The van der Waals surface area contributed by atoms with E-state index in [-0.39, 0.29) is 16.9 Å². The Morgan fingerprint density at radius 2 is 2.24 bits per heavy atom. The van der Waals surface area contributed by atoms with Gasteiger partial charge in [-0.25, -0.2) is 4.79 Å². The third-order valence-corrected chi connectivity index (χ3v) is 3.26. The molecule has 0 fully saturated rings. The largest absolute Gasteiger partial charge is 0.464 e. The van der Waals surface area contributed by atoms with E-state index in [9.17, 15) is 4.79 Å². The maximum absolute atomic E-state index is 12.0. The number of nitrogen functional groups attached to an aromatic ring is 1. The Kier molecular flexibility index (Phi) is 2.88. The summed E-state index contributed by atoms with van der Waals surface area (Å²) in [7, 11) is 1.26. The highest BCUT2D eigenvalue weighted by Crippen LogP contribution is 2.29. The Bertz CT molecular complexity index is 883. The average Bonchev–Trinajstić information content (AvgIpc) is 3.10. The molecule has 0 aliphatic heterocycles. The van der Waals surface area contributed by atoms with Crippen LogP contribution < -0.4 is 5.73 Å². The van der Waals surface area contributed by atoms with E-state index in [1.54, 1.807) is 12.3 Å². The summed E-state index contributed by atoms with van der Waals surface area (Å²) in [5.74, 6) is -0.613. The fourth-order valence-electron chi connectivity index (χ4n) is 2.27. The van der Waals surface area contributed by atoms with Crippen LogP contribution in [0, 0.1) is 11.3 Å². The summed E-state index contributed by atoms with van der Waals surface area (Å²) in [6.07, 6.45) is 3.06. The minimum Gasteiger partial charge on any atom is -0.464 e. The number of para-hydroxylation sites is 1. The third-order valence-electron chi connectivity index (χ3n) is 3.26. The summed E-state index contributed by atoms with van der Waals surface area (Å²) in [6.45, 7) is 0. The van der Waals surface area contributed by atoms with E-state index in [4.69, 9.17) is 20.1 Å². The molecule has 0 amide bonds. The summed E-state index contributed by atoms with van der Waals surface area (Å²) in [5, 5.41) is 10.00. The zero-order valence-corrected chi connectivity index (χ0v) is 11.2. The van der Waals surface area contributed by atoms with Gasteiger partial charge in [-0.3, -0.25) is 0 Å². The molecule has 0 unspecified atom stereocenters. The van der Waals surface area contributed by atoms with Gasteiger partial charge in [0.25, 0.3) is 0 Å². The van der Waals surface area contributed by atoms with Crippen LogP contribution >= 0.6 is 0 Å². The molecule has 3 rings (SSSR count). The number of hydrogen-bond acceptors (Lipinski definition) is 5. The second kappa shape index (κ2) is 4.72. The number of nitrogens with two attached hydrogens (primary N) is 1. The molecule has 6 nitrogen and oxygen atoms in total. The minimum atomic E-state index is -0.613. The van der Waals surface area contributed by atoms with E-state index in [1.165, 1.54) is 17.9 Å². The lowest BCUT2D eigenvalue weighted by molar-refractivity contribution is 0.0593. The van der Waals surface area contributed by atoms with Crippen molar-refractivity contribution in [2.24, 2.45) is 0 Å². The van der Waals surface area contributed by atoms with Crippen LogP contribution in [0.25, 0.3) is 16.7 Å². The standard InChI is InChI=1S/C15H11N3O3/c1-20-15(19)13-12(17)10(7-16)8-18(13)11-4-2-3-9-5-6-21-14(9)11/h2-6,8H,17H2,1H3. The summed E-state index contributed by atoms with van der Waals surface area (Å²) in [5.41, 5.74) is 7.50. The molecular formula is C15H11N3O3. The fourth-order valence-corrected chi connectivity index (χ4v) is 2.27. The number of furan rings is 1. The maximum atomic E-state index is 12.0. The topological polar surface area (TPSA) is 94.2 Å². The lowest BCUT2D eigenvalue weighted by atomic mass is 10.2.